The van der Waals surface area contributed by atoms with Crippen molar-refractivity contribution in [2.24, 2.45) is 0 Å². The van der Waals surface area contributed by atoms with E-state index in [0.29, 0.717) is 30.2 Å². The first-order valence-electron chi connectivity index (χ1n) is 11.2. The van der Waals surface area contributed by atoms with Crippen molar-refractivity contribution in [2.45, 2.75) is 56.6 Å². The number of rotatable bonds is 9. The summed E-state index contributed by atoms with van der Waals surface area (Å²) in [6.45, 7) is 11.7. The van der Waals surface area contributed by atoms with Crippen LogP contribution in [0.1, 0.15) is 44.1 Å². The SMILES string of the molecule is CSc1ccc(-c2cc(C(=O)CCCO[Si](C)(C)C(C)(C)C)nn2-c2ccc(Cl)cc2)cc1. The molecule has 0 radical (unpaired) electrons. The van der Waals surface area contributed by atoms with Gasteiger partial charge in [0.05, 0.1) is 11.4 Å². The van der Waals surface area contributed by atoms with Crippen molar-refractivity contribution in [2.75, 3.05) is 12.9 Å². The van der Waals surface area contributed by atoms with Crippen molar-refractivity contribution in [1.82, 2.24) is 9.78 Å². The average molecular weight is 501 g/mol. The minimum absolute atomic E-state index is 0.0310. The Morgan fingerprint density at radius 1 is 1.09 bits per heavy atom. The average Bonchev–Trinajstić information content (AvgIpc) is 3.22. The molecule has 7 heteroatoms. The van der Waals surface area contributed by atoms with E-state index in [-0.39, 0.29) is 10.8 Å². The first kappa shape index (κ1) is 25.8. The van der Waals surface area contributed by atoms with Crippen LogP contribution in [0.15, 0.2) is 59.5 Å². The second-order valence-corrected chi connectivity index (χ2v) is 15.8. The highest BCUT2D eigenvalue weighted by Gasteiger charge is 2.36. The molecule has 0 amide bonds. The molecule has 176 valence electrons. The van der Waals surface area contributed by atoms with Gasteiger partial charge >= 0.3 is 0 Å². The van der Waals surface area contributed by atoms with Gasteiger partial charge in [-0.1, -0.05) is 44.5 Å². The topological polar surface area (TPSA) is 44.1 Å². The van der Waals surface area contributed by atoms with E-state index >= 15 is 0 Å². The van der Waals surface area contributed by atoms with E-state index in [9.17, 15) is 4.79 Å². The van der Waals surface area contributed by atoms with Gasteiger partial charge < -0.3 is 4.43 Å². The van der Waals surface area contributed by atoms with Crippen molar-refractivity contribution < 1.29 is 9.22 Å². The molecule has 3 aromatic rings. The Bertz CT molecular complexity index is 1090. The van der Waals surface area contributed by atoms with Crippen molar-refractivity contribution in [3.05, 3.63) is 65.3 Å². The molecule has 1 heterocycles. The molecular formula is C26H33ClN2O2SSi. The highest BCUT2D eigenvalue weighted by Crippen LogP contribution is 2.36. The van der Waals surface area contributed by atoms with Gasteiger partial charge in [0.15, 0.2) is 14.1 Å². The molecule has 2 aromatic carbocycles. The Hall–Kier alpha value is -1.86. The number of benzene rings is 2. The van der Waals surface area contributed by atoms with Gasteiger partial charge in [0.1, 0.15) is 5.69 Å². The van der Waals surface area contributed by atoms with Gasteiger partial charge in [0, 0.05) is 28.5 Å². The fraction of sp³-hybridized carbons (Fsp3) is 0.385. The molecule has 0 saturated carbocycles. The molecule has 0 unspecified atom stereocenters. The van der Waals surface area contributed by atoms with Crippen LogP contribution in [0, 0.1) is 0 Å². The maximum atomic E-state index is 13.0. The number of hydrogen-bond acceptors (Lipinski definition) is 4. The van der Waals surface area contributed by atoms with Gasteiger partial charge in [0.2, 0.25) is 0 Å². The molecule has 0 saturated heterocycles. The van der Waals surface area contributed by atoms with Crippen LogP contribution in [-0.2, 0) is 4.43 Å². The van der Waals surface area contributed by atoms with Crippen LogP contribution in [-0.4, -0.2) is 36.7 Å². The molecule has 0 N–H and O–H groups in total. The van der Waals surface area contributed by atoms with E-state index in [1.807, 2.05) is 35.0 Å². The minimum atomic E-state index is -1.81. The normalized spacial score (nSPS) is 12.2. The number of halogens is 1. The molecule has 0 aliphatic heterocycles. The Morgan fingerprint density at radius 3 is 2.30 bits per heavy atom. The molecule has 0 atom stereocenters. The highest BCUT2D eigenvalue weighted by atomic mass is 35.5. The Morgan fingerprint density at radius 2 is 1.73 bits per heavy atom. The Balaban J connectivity index is 1.80. The number of ketones is 1. The maximum absolute atomic E-state index is 13.0. The minimum Gasteiger partial charge on any atom is -0.417 e. The molecule has 4 nitrogen and oxygen atoms in total. The lowest BCUT2D eigenvalue weighted by molar-refractivity contribution is 0.0967. The first-order chi connectivity index (χ1) is 15.5. The second kappa shape index (κ2) is 10.6. The van der Waals surface area contributed by atoms with Crippen LogP contribution in [0.3, 0.4) is 0 Å². The number of hydrogen-bond donors (Lipinski definition) is 0. The first-order valence-corrected chi connectivity index (χ1v) is 15.7. The zero-order chi connectivity index (χ0) is 24.2. The largest absolute Gasteiger partial charge is 0.417 e. The van der Waals surface area contributed by atoms with Crippen LogP contribution < -0.4 is 0 Å². The summed E-state index contributed by atoms with van der Waals surface area (Å²) >= 11 is 7.78. The number of carbonyl (C=O) groups excluding carboxylic acids is 1. The summed E-state index contributed by atoms with van der Waals surface area (Å²) in [7, 11) is -1.81. The zero-order valence-electron chi connectivity index (χ0n) is 20.3. The van der Waals surface area contributed by atoms with Crippen molar-refractivity contribution >= 4 is 37.5 Å². The van der Waals surface area contributed by atoms with Crippen molar-refractivity contribution in [1.29, 1.82) is 0 Å². The molecule has 3 rings (SSSR count). The van der Waals surface area contributed by atoms with Crippen LogP contribution in [0.4, 0.5) is 0 Å². The highest BCUT2D eigenvalue weighted by molar-refractivity contribution is 7.98. The summed E-state index contributed by atoms with van der Waals surface area (Å²) in [6.07, 6.45) is 3.16. The summed E-state index contributed by atoms with van der Waals surface area (Å²) in [6, 6.07) is 17.7. The van der Waals surface area contributed by atoms with Gasteiger partial charge in [-0.3, -0.25) is 4.79 Å². The molecule has 0 bridgehead atoms. The maximum Gasteiger partial charge on any atom is 0.191 e. The van der Waals surface area contributed by atoms with E-state index in [1.165, 1.54) is 4.90 Å². The lowest BCUT2D eigenvalue weighted by Gasteiger charge is -2.36. The third-order valence-corrected chi connectivity index (χ3v) is 11.8. The fourth-order valence-electron chi connectivity index (χ4n) is 3.17. The lowest BCUT2D eigenvalue weighted by Crippen LogP contribution is -2.41. The van der Waals surface area contributed by atoms with Crippen LogP contribution >= 0.6 is 23.4 Å². The lowest BCUT2D eigenvalue weighted by atomic mass is 10.1. The zero-order valence-corrected chi connectivity index (χ0v) is 22.9. The quantitative estimate of drug-likeness (QED) is 0.129. The van der Waals surface area contributed by atoms with Gasteiger partial charge in [-0.15, -0.1) is 11.8 Å². The Kier molecular flexibility index (Phi) is 8.27. The summed E-state index contributed by atoms with van der Waals surface area (Å²) < 4.78 is 8.05. The number of aromatic nitrogens is 2. The van der Waals surface area contributed by atoms with Gasteiger partial charge in [-0.2, -0.15) is 5.10 Å². The number of nitrogens with zero attached hydrogens (tertiary/aromatic N) is 2. The summed E-state index contributed by atoms with van der Waals surface area (Å²) in [5, 5.41) is 5.51. The fourth-order valence-corrected chi connectivity index (χ4v) is 4.79. The van der Waals surface area contributed by atoms with Crippen molar-refractivity contribution in [3.63, 3.8) is 0 Å². The molecule has 1 aromatic heterocycles. The molecule has 0 aliphatic rings. The van der Waals surface area contributed by atoms with Crippen LogP contribution in [0.2, 0.25) is 23.2 Å². The van der Waals surface area contributed by atoms with E-state index in [4.69, 9.17) is 16.0 Å². The summed E-state index contributed by atoms with van der Waals surface area (Å²) in [5.41, 5.74) is 3.23. The Labute approximate surface area is 207 Å². The van der Waals surface area contributed by atoms with Crippen LogP contribution in [0.5, 0.6) is 0 Å². The smallest absolute Gasteiger partial charge is 0.191 e. The van der Waals surface area contributed by atoms with E-state index in [1.54, 1.807) is 11.8 Å². The van der Waals surface area contributed by atoms with Gasteiger partial charge in [-0.05, 0) is 73.3 Å². The summed E-state index contributed by atoms with van der Waals surface area (Å²) in [4.78, 5) is 14.2. The summed E-state index contributed by atoms with van der Waals surface area (Å²) in [5.74, 6) is 0.0310. The van der Waals surface area contributed by atoms with E-state index in [0.717, 1.165) is 16.9 Å². The molecule has 33 heavy (non-hydrogen) atoms. The molecule has 0 spiro atoms. The number of thioether (sulfide) groups is 1. The van der Waals surface area contributed by atoms with Crippen LogP contribution in [0.25, 0.3) is 16.9 Å². The molecular weight excluding hydrogens is 468 g/mol. The predicted octanol–water partition coefficient (Wildman–Crippen LogP) is 7.90. The van der Waals surface area contributed by atoms with E-state index in [2.05, 4.69) is 69.5 Å². The standard InChI is InChI=1S/C26H33ClN2O2SSi/c1-26(2,3)33(5,6)31-17-7-8-25(30)23-18-24(19-9-15-22(32-4)16-10-19)29(28-23)21-13-11-20(27)12-14-21/h9-16,18H,7-8,17H2,1-6H3. The van der Waals surface area contributed by atoms with Gasteiger partial charge in [-0.25, -0.2) is 4.68 Å². The van der Waals surface area contributed by atoms with Crippen molar-refractivity contribution in [3.8, 4) is 16.9 Å². The number of carbonyl (C=O) groups is 1. The number of Topliss-reactive ketones (excluding diaryl/α,β-unsaturated/α-hetero) is 1. The predicted molar refractivity (Wildman–Crippen MR) is 143 cm³/mol. The second-order valence-electron chi connectivity index (χ2n) is 9.67. The monoisotopic (exact) mass is 500 g/mol. The van der Waals surface area contributed by atoms with E-state index < -0.39 is 8.32 Å². The molecule has 0 aliphatic carbocycles. The third kappa shape index (κ3) is 6.38. The molecule has 0 fully saturated rings. The third-order valence-electron chi connectivity index (χ3n) is 6.27. The van der Waals surface area contributed by atoms with Gasteiger partial charge in [0.25, 0.3) is 0 Å².